The van der Waals surface area contributed by atoms with Crippen LogP contribution in [0.1, 0.15) is 78.6 Å². The van der Waals surface area contributed by atoms with Gasteiger partial charge in [-0.1, -0.05) is 20.8 Å². The number of fused-ring (bicyclic) bond motifs is 5. The first kappa shape index (κ1) is 16.1. The van der Waals surface area contributed by atoms with Crippen LogP contribution in [0.15, 0.2) is 0 Å². The minimum absolute atomic E-state index is 0.192. The zero-order valence-electron chi connectivity index (χ0n) is 16.0. The Morgan fingerprint density at radius 2 is 1.50 bits per heavy atom. The first-order valence-corrected chi connectivity index (χ1v) is 10.7. The van der Waals surface area contributed by atoms with E-state index in [0.29, 0.717) is 10.8 Å². The van der Waals surface area contributed by atoms with Gasteiger partial charge in [0.1, 0.15) is 0 Å². The highest BCUT2D eigenvalue weighted by molar-refractivity contribution is 5.09. The van der Waals surface area contributed by atoms with Crippen LogP contribution < -0.4 is 0 Å². The zero-order valence-corrected chi connectivity index (χ0v) is 16.0. The van der Waals surface area contributed by atoms with E-state index in [1.54, 1.807) is 0 Å². The highest BCUT2D eigenvalue weighted by Crippen LogP contribution is 2.68. The summed E-state index contributed by atoms with van der Waals surface area (Å²) in [6, 6.07) is 0. The quantitative estimate of drug-likeness (QED) is 0.590. The van der Waals surface area contributed by atoms with Gasteiger partial charge in [0.2, 0.25) is 0 Å². The standard InChI is InChI=1S/C22H36O2/c1-15-4-7-18-17-6-5-16-14-22(23-12-13-24-22)11-10-21(16,3)19(17)8-9-20(15,18)2/h15-19H,4-14H2,1-3H3/t15-,16-,17-,18-,19-,20+,21-/m0/s1. The van der Waals surface area contributed by atoms with Gasteiger partial charge >= 0.3 is 0 Å². The van der Waals surface area contributed by atoms with Gasteiger partial charge < -0.3 is 9.47 Å². The molecule has 0 N–H and O–H groups in total. The molecule has 0 amide bonds. The maximum Gasteiger partial charge on any atom is 0.168 e. The average Bonchev–Trinajstić information content (AvgIpc) is 3.14. The van der Waals surface area contributed by atoms with Gasteiger partial charge in [-0.15, -0.1) is 0 Å². The molecule has 2 nitrogen and oxygen atoms in total. The van der Waals surface area contributed by atoms with Crippen LogP contribution in [0.5, 0.6) is 0 Å². The normalized spacial score (nSPS) is 55.9. The van der Waals surface area contributed by atoms with E-state index in [9.17, 15) is 0 Å². The maximum absolute atomic E-state index is 6.09. The van der Waals surface area contributed by atoms with Gasteiger partial charge in [-0.2, -0.15) is 0 Å². The summed E-state index contributed by atoms with van der Waals surface area (Å²) < 4.78 is 12.2. The van der Waals surface area contributed by atoms with Crippen LogP contribution in [0, 0.1) is 40.4 Å². The summed E-state index contributed by atoms with van der Waals surface area (Å²) in [6.07, 6.45) is 12.5. The van der Waals surface area contributed by atoms with Crippen molar-refractivity contribution >= 4 is 0 Å². The minimum Gasteiger partial charge on any atom is -0.348 e. The van der Waals surface area contributed by atoms with Gasteiger partial charge in [-0.25, -0.2) is 0 Å². The second-order valence-electron chi connectivity index (χ2n) is 10.5. The molecule has 0 unspecified atom stereocenters. The molecule has 1 saturated heterocycles. The van der Waals surface area contributed by atoms with Crippen LogP contribution in [-0.4, -0.2) is 19.0 Å². The Hall–Kier alpha value is -0.0800. The monoisotopic (exact) mass is 332 g/mol. The van der Waals surface area contributed by atoms with Crippen LogP contribution in [-0.2, 0) is 9.47 Å². The minimum atomic E-state index is -0.192. The van der Waals surface area contributed by atoms with Crippen molar-refractivity contribution in [1.29, 1.82) is 0 Å². The Bertz CT molecular complexity index is 510. The van der Waals surface area contributed by atoms with Crippen molar-refractivity contribution in [2.24, 2.45) is 40.4 Å². The zero-order chi connectivity index (χ0) is 16.6. The fourth-order valence-electron chi connectivity index (χ4n) is 8.22. The summed E-state index contributed by atoms with van der Waals surface area (Å²) in [5, 5.41) is 0. The van der Waals surface area contributed by atoms with Crippen molar-refractivity contribution in [1.82, 2.24) is 0 Å². The molecule has 0 aromatic rings. The molecule has 1 aliphatic heterocycles. The maximum atomic E-state index is 6.09. The lowest BCUT2D eigenvalue weighted by molar-refractivity contribution is -0.229. The third-order valence-electron chi connectivity index (χ3n) is 9.95. The van der Waals surface area contributed by atoms with Crippen molar-refractivity contribution in [2.75, 3.05) is 13.2 Å². The lowest BCUT2D eigenvalue weighted by atomic mass is 9.44. The Morgan fingerprint density at radius 3 is 2.29 bits per heavy atom. The average molecular weight is 333 g/mol. The summed E-state index contributed by atoms with van der Waals surface area (Å²) in [6.45, 7) is 9.45. The van der Waals surface area contributed by atoms with Crippen molar-refractivity contribution in [3.63, 3.8) is 0 Å². The molecule has 1 heterocycles. The fourth-order valence-corrected chi connectivity index (χ4v) is 8.22. The molecule has 7 atom stereocenters. The molecule has 5 rings (SSSR count). The number of hydrogen-bond donors (Lipinski definition) is 0. The smallest absolute Gasteiger partial charge is 0.168 e. The highest BCUT2D eigenvalue weighted by atomic mass is 16.7. The lowest BCUT2D eigenvalue weighted by Gasteiger charge is -2.61. The molecule has 0 bridgehead atoms. The summed E-state index contributed by atoms with van der Waals surface area (Å²) in [5.74, 6) is 4.58. The predicted octanol–water partition coefficient (Wildman–Crippen LogP) is 5.41. The van der Waals surface area contributed by atoms with E-state index in [1.807, 2.05) is 0 Å². The summed E-state index contributed by atoms with van der Waals surface area (Å²) >= 11 is 0. The largest absolute Gasteiger partial charge is 0.348 e. The number of hydrogen-bond acceptors (Lipinski definition) is 2. The van der Waals surface area contributed by atoms with E-state index < -0.39 is 0 Å². The molecule has 0 aromatic carbocycles. The van der Waals surface area contributed by atoms with E-state index in [1.165, 1.54) is 51.4 Å². The SMILES string of the molecule is C[C@H]1CC[C@H]2[C@@H]3CC[C@H]4CC5(CC[C@]4(C)[C@H]3CC[C@]12C)OCCO5. The summed E-state index contributed by atoms with van der Waals surface area (Å²) in [7, 11) is 0. The molecule has 4 aliphatic carbocycles. The second-order valence-corrected chi connectivity index (χ2v) is 10.5. The van der Waals surface area contributed by atoms with Gasteiger partial charge in [0.05, 0.1) is 13.2 Å². The number of ether oxygens (including phenoxy) is 2. The Morgan fingerprint density at radius 1 is 0.750 bits per heavy atom. The summed E-state index contributed by atoms with van der Waals surface area (Å²) in [4.78, 5) is 0. The molecular formula is C22H36O2. The van der Waals surface area contributed by atoms with E-state index in [4.69, 9.17) is 9.47 Å². The van der Waals surface area contributed by atoms with E-state index >= 15 is 0 Å². The van der Waals surface area contributed by atoms with E-state index in [0.717, 1.165) is 49.2 Å². The van der Waals surface area contributed by atoms with Crippen LogP contribution in [0.25, 0.3) is 0 Å². The predicted molar refractivity (Wildman–Crippen MR) is 95.5 cm³/mol. The van der Waals surface area contributed by atoms with E-state index in [-0.39, 0.29) is 5.79 Å². The van der Waals surface area contributed by atoms with Gasteiger partial charge in [-0.3, -0.25) is 0 Å². The Balaban J connectivity index is 1.41. The third-order valence-corrected chi connectivity index (χ3v) is 9.95. The Kier molecular flexibility index (Phi) is 3.51. The lowest BCUT2D eigenvalue weighted by Crippen LogP contribution is -2.56. The van der Waals surface area contributed by atoms with Gasteiger partial charge in [0.15, 0.2) is 5.79 Å². The van der Waals surface area contributed by atoms with Gasteiger partial charge in [0.25, 0.3) is 0 Å². The molecule has 1 spiro atoms. The molecule has 136 valence electrons. The van der Waals surface area contributed by atoms with Crippen molar-refractivity contribution in [2.45, 2.75) is 84.3 Å². The summed E-state index contributed by atoms with van der Waals surface area (Å²) in [5.41, 5.74) is 1.20. The molecular weight excluding hydrogens is 296 g/mol. The first-order chi connectivity index (χ1) is 11.5. The van der Waals surface area contributed by atoms with Crippen LogP contribution in [0.4, 0.5) is 0 Å². The van der Waals surface area contributed by atoms with Crippen LogP contribution in [0.3, 0.4) is 0 Å². The topological polar surface area (TPSA) is 18.5 Å². The van der Waals surface area contributed by atoms with Crippen LogP contribution in [0.2, 0.25) is 0 Å². The molecule has 2 heteroatoms. The van der Waals surface area contributed by atoms with Crippen molar-refractivity contribution < 1.29 is 9.47 Å². The molecule has 5 fully saturated rings. The Labute approximate surface area is 148 Å². The van der Waals surface area contributed by atoms with Crippen molar-refractivity contribution in [3.05, 3.63) is 0 Å². The van der Waals surface area contributed by atoms with Gasteiger partial charge in [0, 0.05) is 12.8 Å². The first-order valence-electron chi connectivity index (χ1n) is 10.7. The molecule has 5 aliphatic rings. The fraction of sp³-hybridized carbons (Fsp3) is 1.00. The molecule has 4 saturated carbocycles. The van der Waals surface area contributed by atoms with Crippen LogP contribution >= 0.6 is 0 Å². The molecule has 0 aromatic heterocycles. The second kappa shape index (κ2) is 5.22. The van der Waals surface area contributed by atoms with Crippen molar-refractivity contribution in [3.8, 4) is 0 Å². The molecule has 24 heavy (non-hydrogen) atoms. The van der Waals surface area contributed by atoms with E-state index in [2.05, 4.69) is 20.8 Å². The third kappa shape index (κ3) is 2.02. The highest BCUT2D eigenvalue weighted by Gasteiger charge is 2.61. The number of rotatable bonds is 0. The molecule has 0 radical (unpaired) electrons. The van der Waals surface area contributed by atoms with Gasteiger partial charge in [-0.05, 0) is 85.4 Å².